The summed E-state index contributed by atoms with van der Waals surface area (Å²) in [7, 11) is 1.32. The zero-order chi connectivity index (χ0) is 15.0. The van der Waals surface area contributed by atoms with E-state index in [4.69, 9.17) is 9.15 Å². The van der Waals surface area contributed by atoms with Gasteiger partial charge in [-0.25, -0.2) is 14.2 Å². The summed E-state index contributed by atoms with van der Waals surface area (Å²) in [4.78, 5) is 23.7. The molecule has 0 N–H and O–H groups in total. The van der Waals surface area contributed by atoms with Gasteiger partial charge in [0, 0.05) is 0 Å². The van der Waals surface area contributed by atoms with Crippen molar-refractivity contribution in [3.05, 3.63) is 64.1 Å². The van der Waals surface area contributed by atoms with Gasteiger partial charge < -0.3 is 9.15 Å². The molecule has 0 fully saturated rings. The number of carbonyl (C=O) groups excluding carboxylic acids is 1. The first-order valence-corrected chi connectivity index (χ1v) is 6.41. The number of ether oxygens (including phenoxy) is 1. The van der Waals surface area contributed by atoms with Crippen LogP contribution in [-0.4, -0.2) is 17.6 Å². The lowest BCUT2D eigenvalue weighted by Gasteiger charge is -2.04. The van der Waals surface area contributed by atoms with Crippen LogP contribution in [0, 0.1) is 6.92 Å². The zero-order valence-electron chi connectivity index (χ0n) is 11.6. The number of oxazole rings is 1. The van der Waals surface area contributed by atoms with Gasteiger partial charge in [-0.3, -0.25) is 0 Å². The molecule has 0 saturated carbocycles. The zero-order valence-corrected chi connectivity index (χ0v) is 11.6. The minimum atomic E-state index is -0.488. The van der Waals surface area contributed by atoms with E-state index in [0.29, 0.717) is 22.4 Å². The molecule has 0 aliphatic rings. The first kappa shape index (κ1) is 13.2. The summed E-state index contributed by atoms with van der Waals surface area (Å²) in [5.41, 5.74) is 3.05. The smallest absolute Gasteiger partial charge is 0.424 e. The number of esters is 1. The number of methoxy groups -OCH3 is 1. The number of hydrogen-bond acceptors (Lipinski definition) is 4. The largest absolute Gasteiger partial charge is 0.465 e. The topological polar surface area (TPSA) is 61.4 Å². The van der Waals surface area contributed by atoms with Crippen LogP contribution in [0.2, 0.25) is 0 Å². The molecule has 106 valence electrons. The Labute approximate surface area is 120 Å². The Balaban J connectivity index is 2.29. The third-order valence-electron chi connectivity index (χ3n) is 3.26. The van der Waals surface area contributed by atoms with Crippen molar-refractivity contribution in [2.24, 2.45) is 0 Å². The molecule has 0 atom stereocenters. The highest BCUT2D eigenvalue weighted by Gasteiger charge is 2.14. The fraction of sp³-hybridized carbons (Fsp3) is 0.125. The summed E-state index contributed by atoms with van der Waals surface area (Å²) in [6, 6.07) is 12.2. The third kappa shape index (κ3) is 2.23. The molecule has 0 saturated heterocycles. The van der Waals surface area contributed by atoms with Gasteiger partial charge in [-0.1, -0.05) is 12.1 Å². The predicted octanol–water partition coefficient (Wildman–Crippen LogP) is 2.68. The summed E-state index contributed by atoms with van der Waals surface area (Å²) in [6.07, 6.45) is 0. The molecule has 3 aromatic rings. The molecule has 21 heavy (non-hydrogen) atoms. The molecule has 1 heterocycles. The van der Waals surface area contributed by atoms with Crippen molar-refractivity contribution < 1.29 is 13.9 Å². The molecule has 0 amide bonds. The molecule has 0 aliphatic heterocycles. The quantitative estimate of drug-likeness (QED) is 0.678. The molecule has 0 spiro atoms. The molecule has 2 aromatic carbocycles. The molecule has 0 radical (unpaired) electrons. The third-order valence-corrected chi connectivity index (χ3v) is 3.26. The summed E-state index contributed by atoms with van der Waals surface area (Å²) >= 11 is 0. The Morgan fingerprint density at radius 2 is 2.00 bits per heavy atom. The van der Waals surface area contributed by atoms with Gasteiger partial charge in [0.05, 0.1) is 23.9 Å². The van der Waals surface area contributed by atoms with E-state index in [-0.39, 0.29) is 0 Å². The van der Waals surface area contributed by atoms with Gasteiger partial charge in [0.15, 0.2) is 5.58 Å². The number of carbonyl (C=O) groups is 1. The highest BCUT2D eigenvalue weighted by atomic mass is 16.5. The second-order valence-corrected chi connectivity index (χ2v) is 4.72. The van der Waals surface area contributed by atoms with Crippen molar-refractivity contribution >= 4 is 17.1 Å². The van der Waals surface area contributed by atoms with Gasteiger partial charge >= 0.3 is 11.7 Å². The fourth-order valence-electron chi connectivity index (χ4n) is 2.27. The summed E-state index contributed by atoms with van der Waals surface area (Å²) in [5.74, 6) is -0.945. The summed E-state index contributed by atoms with van der Waals surface area (Å²) < 4.78 is 11.4. The number of rotatable bonds is 2. The van der Waals surface area contributed by atoms with E-state index in [1.54, 1.807) is 18.2 Å². The Kier molecular flexibility index (Phi) is 3.10. The molecule has 0 unspecified atom stereocenters. The lowest BCUT2D eigenvalue weighted by molar-refractivity contribution is 0.0601. The number of aromatic nitrogens is 1. The molecular weight excluding hydrogens is 270 g/mol. The van der Waals surface area contributed by atoms with E-state index in [0.717, 1.165) is 5.56 Å². The van der Waals surface area contributed by atoms with Gasteiger partial charge in [-0.05, 0) is 42.8 Å². The lowest BCUT2D eigenvalue weighted by Crippen LogP contribution is -2.12. The van der Waals surface area contributed by atoms with E-state index < -0.39 is 11.7 Å². The van der Waals surface area contributed by atoms with Crippen LogP contribution >= 0.6 is 0 Å². The van der Waals surface area contributed by atoms with Crippen molar-refractivity contribution in [2.75, 3.05) is 7.11 Å². The molecule has 0 aliphatic carbocycles. The van der Waals surface area contributed by atoms with Crippen LogP contribution < -0.4 is 5.76 Å². The van der Waals surface area contributed by atoms with Gasteiger partial charge in [-0.15, -0.1) is 0 Å². The van der Waals surface area contributed by atoms with E-state index in [9.17, 15) is 9.59 Å². The first-order chi connectivity index (χ1) is 10.1. The first-order valence-electron chi connectivity index (χ1n) is 6.41. The molecule has 5 heteroatoms. The van der Waals surface area contributed by atoms with Crippen molar-refractivity contribution in [1.82, 2.24) is 4.57 Å². The van der Waals surface area contributed by atoms with Crippen molar-refractivity contribution in [1.29, 1.82) is 0 Å². The maximum atomic E-state index is 12.1. The molecule has 0 bridgehead atoms. The van der Waals surface area contributed by atoms with E-state index in [2.05, 4.69) is 0 Å². The fourth-order valence-corrected chi connectivity index (χ4v) is 2.27. The monoisotopic (exact) mass is 283 g/mol. The highest BCUT2D eigenvalue weighted by molar-refractivity contribution is 5.93. The maximum Gasteiger partial charge on any atom is 0.424 e. The number of fused-ring (bicyclic) bond motifs is 1. The number of nitrogens with zero attached hydrogens (tertiary/aromatic N) is 1. The highest BCUT2D eigenvalue weighted by Crippen LogP contribution is 2.20. The SMILES string of the molecule is COC(=O)c1ccc2oc(=O)n(-c3cccc(C)c3)c2c1. The van der Waals surface area contributed by atoms with Gasteiger partial charge in [-0.2, -0.15) is 0 Å². The average Bonchev–Trinajstić information content (AvgIpc) is 2.81. The van der Waals surface area contributed by atoms with Crippen LogP contribution in [0.15, 0.2) is 51.7 Å². The van der Waals surface area contributed by atoms with Gasteiger partial charge in [0.2, 0.25) is 0 Å². The van der Waals surface area contributed by atoms with Crippen LogP contribution in [0.4, 0.5) is 0 Å². The maximum absolute atomic E-state index is 12.1. The van der Waals surface area contributed by atoms with Gasteiger partial charge in [0.25, 0.3) is 0 Å². The van der Waals surface area contributed by atoms with Crippen molar-refractivity contribution in [2.45, 2.75) is 6.92 Å². The van der Waals surface area contributed by atoms with Crippen LogP contribution in [0.5, 0.6) is 0 Å². The Hall–Kier alpha value is -2.82. The van der Waals surface area contributed by atoms with E-state index in [1.807, 2.05) is 31.2 Å². The summed E-state index contributed by atoms with van der Waals surface area (Å²) in [5, 5.41) is 0. The minimum absolute atomic E-state index is 0.368. The minimum Gasteiger partial charge on any atom is -0.465 e. The summed E-state index contributed by atoms with van der Waals surface area (Å²) in [6.45, 7) is 1.94. The molecular formula is C16H13NO4. The van der Waals surface area contributed by atoms with Crippen LogP contribution in [-0.2, 0) is 4.74 Å². The normalized spacial score (nSPS) is 10.8. The van der Waals surface area contributed by atoms with Crippen molar-refractivity contribution in [3.8, 4) is 5.69 Å². The van der Waals surface area contributed by atoms with E-state index >= 15 is 0 Å². The number of benzene rings is 2. The Morgan fingerprint density at radius 1 is 1.19 bits per heavy atom. The Morgan fingerprint density at radius 3 is 2.71 bits per heavy atom. The number of aryl methyl sites for hydroxylation is 1. The average molecular weight is 283 g/mol. The predicted molar refractivity (Wildman–Crippen MR) is 77.9 cm³/mol. The van der Waals surface area contributed by atoms with Crippen LogP contribution in [0.25, 0.3) is 16.8 Å². The molecule has 5 nitrogen and oxygen atoms in total. The van der Waals surface area contributed by atoms with Gasteiger partial charge in [0.1, 0.15) is 0 Å². The Bertz CT molecular complexity index is 889. The van der Waals surface area contributed by atoms with Crippen LogP contribution in [0.3, 0.4) is 0 Å². The molecule has 1 aromatic heterocycles. The van der Waals surface area contributed by atoms with Crippen LogP contribution in [0.1, 0.15) is 15.9 Å². The molecule has 3 rings (SSSR count). The van der Waals surface area contributed by atoms with E-state index in [1.165, 1.54) is 11.7 Å². The van der Waals surface area contributed by atoms with Crippen molar-refractivity contribution in [3.63, 3.8) is 0 Å². The lowest BCUT2D eigenvalue weighted by atomic mass is 10.2. The number of hydrogen-bond donors (Lipinski definition) is 0. The standard InChI is InChI=1S/C16H13NO4/c1-10-4-3-5-12(8-10)17-13-9-11(15(18)20-2)6-7-14(13)21-16(17)19/h3-9H,1-2H3. The second-order valence-electron chi connectivity index (χ2n) is 4.72. The second kappa shape index (κ2) is 4.94.